The van der Waals surface area contributed by atoms with Gasteiger partial charge in [0.1, 0.15) is 5.25 Å². The number of nitrogens with zero attached hydrogens (tertiary/aromatic N) is 1. The van der Waals surface area contributed by atoms with Crippen molar-refractivity contribution in [3.05, 3.63) is 28.2 Å². The van der Waals surface area contributed by atoms with Crippen molar-refractivity contribution in [1.82, 2.24) is 0 Å². The first-order chi connectivity index (χ1) is 10.9. The molecule has 2 rings (SSSR count). The molecule has 2 atom stereocenters. The van der Waals surface area contributed by atoms with Crippen LogP contribution in [-0.2, 0) is 19.1 Å². The molecule has 2 unspecified atom stereocenters. The quantitative estimate of drug-likeness (QED) is 0.584. The molecule has 0 bridgehead atoms. The molecule has 1 aliphatic heterocycles. The van der Waals surface area contributed by atoms with E-state index < -0.39 is 23.0 Å². The lowest BCUT2D eigenvalue weighted by Crippen LogP contribution is -2.36. The van der Waals surface area contributed by atoms with Crippen molar-refractivity contribution < 1.29 is 19.1 Å². The number of hydrogen-bond acceptors (Lipinski definition) is 5. The fraction of sp³-hybridized carbons (Fsp3) is 0.400. The van der Waals surface area contributed by atoms with Gasteiger partial charge in [-0.25, -0.2) is 0 Å². The SMILES string of the molecule is CCOC(=O)C(SC)C1CC(=O)N(c2cc(Cl)cc(Cl)c2)C1=O. The van der Waals surface area contributed by atoms with Crippen molar-refractivity contribution in [1.29, 1.82) is 0 Å². The standard InChI is InChI=1S/C15H15Cl2NO4S/c1-3-22-15(21)13(23-2)11-7-12(19)18(14(11)20)10-5-8(16)4-9(17)6-10/h4-6,11,13H,3,7H2,1-2H3. The fourth-order valence-corrected chi connectivity index (χ4v) is 3.80. The number of amides is 2. The minimum absolute atomic E-state index is 0.0483. The van der Waals surface area contributed by atoms with E-state index in [2.05, 4.69) is 0 Å². The molecule has 8 heteroatoms. The van der Waals surface area contributed by atoms with Gasteiger partial charge in [-0.3, -0.25) is 19.3 Å². The van der Waals surface area contributed by atoms with Crippen molar-refractivity contribution in [2.24, 2.45) is 5.92 Å². The van der Waals surface area contributed by atoms with Crippen molar-refractivity contribution in [2.45, 2.75) is 18.6 Å². The largest absolute Gasteiger partial charge is 0.465 e. The van der Waals surface area contributed by atoms with E-state index in [1.807, 2.05) is 0 Å². The summed E-state index contributed by atoms with van der Waals surface area (Å²) in [6.45, 7) is 1.91. The molecular weight excluding hydrogens is 361 g/mol. The van der Waals surface area contributed by atoms with Crippen LogP contribution in [-0.4, -0.2) is 35.9 Å². The van der Waals surface area contributed by atoms with Crippen LogP contribution in [0.4, 0.5) is 5.69 Å². The van der Waals surface area contributed by atoms with E-state index in [1.54, 1.807) is 13.2 Å². The Labute approximate surface area is 148 Å². The first kappa shape index (κ1) is 18.1. The Morgan fingerprint density at radius 1 is 1.35 bits per heavy atom. The lowest BCUT2D eigenvalue weighted by Gasteiger charge is -2.19. The minimum Gasteiger partial charge on any atom is -0.465 e. The Hall–Kier alpha value is -1.24. The summed E-state index contributed by atoms with van der Waals surface area (Å²) in [5.41, 5.74) is 0.309. The van der Waals surface area contributed by atoms with Gasteiger partial charge >= 0.3 is 5.97 Å². The summed E-state index contributed by atoms with van der Waals surface area (Å²) in [4.78, 5) is 38.0. The Balaban J connectivity index is 2.30. The first-order valence-corrected chi connectivity index (χ1v) is 8.95. The molecule has 1 aromatic rings. The van der Waals surface area contributed by atoms with Gasteiger partial charge in [0.05, 0.1) is 18.2 Å². The zero-order valence-corrected chi connectivity index (χ0v) is 14.9. The summed E-state index contributed by atoms with van der Waals surface area (Å²) in [5, 5.41) is -0.0715. The van der Waals surface area contributed by atoms with Gasteiger partial charge in [-0.15, -0.1) is 11.8 Å². The number of carbonyl (C=O) groups is 3. The summed E-state index contributed by atoms with van der Waals surface area (Å²) < 4.78 is 4.99. The third-order valence-corrected chi connectivity index (χ3v) is 4.89. The third-order valence-electron chi connectivity index (χ3n) is 3.43. The molecule has 0 N–H and O–H groups in total. The number of rotatable bonds is 5. The van der Waals surface area contributed by atoms with E-state index in [-0.39, 0.29) is 18.9 Å². The van der Waals surface area contributed by atoms with Gasteiger partial charge in [0, 0.05) is 16.5 Å². The number of benzene rings is 1. The van der Waals surface area contributed by atoms with Gasteiger partial charge in [-0.2, -0.15) is 0 Å². The average Bonchev–Trinajstić information content (AvgIpc) is 2.74. The predicted octanol–water partition coefficient (Wildman–Crippen LogP) is 3.17. The maximum Gasteiger partial charge on any atom is 0.319 e. The molecule has 1 saturated heterocycles. The van der Waals surface area contributed by atoms with E-state index in [9.17, 15) is 14.4 Å². The van der Waals surface area contributed by atoms with Crippen LogP contribution in [0, 0.1) is 5.92 Å². The molecule has 0 saturated carbocycles. The second kappa shape index (κ2) is 7.55. The second-order valence-corrected chi connectivity index (χ2v) is 6.77. The number of thioether (sulfide) groups is 1. The molecule has 1 heterocycles. The summed E-state index contributed by atoms with van der Waals surface area (Å²) in [6, 6.07) is 4.49. The lowest BCUT2D eigenvalue weighted by molar-refractivity contribution is -0.144. The topological polar surface area (TPSA) is 63.7 Å². The number of carbonyl (C=O) groups excluding carboxylic acids is 3. The van der Waals surface area contributed by atoms with Gasteiger partial charge in [-0.1, -0.05) is 23.2 Å². The van der Waals surface area contributed by atoms with Crippen molar-refractivity contribution in [3.8, 4) is 0 Å². The summed E-state index contributed by atoms with van der Waals surface area (Å²) in [5.74, 6) is -2.08. The molecule has 1 aliphatic rings. The second-order valence-electron chi connectivity index (χ2n) is 4.91. The van der Waals surface area contributed by atoms with Crippen LogP contribution in [0.25, 0.3) is 0 Å². The van der Waals surface area contributed by atoms with Gasteiger partial charge < -0.3 is 4.74 Å². The summed E-state index contributed by atoms with van der Waals surface area (Å²) >= 11 is 13.1. The normalized spacial score (nSPS) is 19.1. The van der Waals surface area contributed by atoms with E-state index >= 15 is 0 Å². The number of hydrogen-bond donors (Lipinski definition) is 0. The Kier molecular flexibility index (Phi) is 5.95. The summed E-state index contributed by atoms with van der Waals surface area (Å²) in [6.07, 6.45) is 1.66. The predicted molar refractivity (Wildman–Crippen MR) is 91.0 cm³/mol. The van der Waals surface area contributed by atoms with Gasteiger partial charge in [0.25, 0.3) is 0 Å². The lowest BCUT2D eigenvalue weighted by atomic mass is 10.0. The molecule has 0 spiro atoms. The molecule has 1 fully saturated rings. The molecule has 2 amide bonds. The molecule has 23 heavy (non-hydrogen) atoms. The zero-order chi connectivity index (χ0) is 17.1. The molecule has 0 aromatic heterocycles. The van der Waals surface area contributed by atoms with Crippen LogP contribution < -0.4 is 4.90 Å². The smallest absolute Gasteiger partial charge is 0.319 e. The van der Waals surface area contributed by atoms with Crippen molar-refractivity contribution in [3.63, 3.8) is 0 Å². The maximum atomic E-state index is 12.6. The highest BCUT2D eigenvalue weighted by Gasteiger charge is 2.46. The number of halogens is 2. The van der Waals surface area contributed by atoms with Crippen LogP contribution in [0.3, 0.4) is 0 Å². The molecular formula is C15H15Cl2NO4S. The van der Waals surface area contributed by atoms with E-state index in [0.29, 0.717) is 15.7 Å². The Morgan fingerprint density at radius 3 is 2.48 bits per heavy atom. The highest BCUT2D eigenvalue weighted by Crippen LogP contribution is 2.35. The molecule has 1 aromatic carbocycles. The van der Waals surface area contributed by atoms with Crippen LogP contribution in [0.5, 0.6) is 0 Å². The number of ether oxygens (including phenoxy) is 1. The van der Waals surface area contributed by atoms with E-state index in [1.165, 1.54) is 30.0 Å². The van der Waals surface area contributed by atoms with Gasteiger partial charge in [0.15, 0.2) is 0 Å². The van der Waals surface area contributed by atoms with Crippen molar-refractivity contribution in [2.75, 3.05) is 17.8 Å². The molecule has 0 aliphatic carbocycles. The van der Waals surface area contributed by atoms with Crippen molar-refractivity contribution >= 4 is 58.4 Å². The fourth-order valence-electron chi connectivity index (χ4n) is 2.48. The molecule has 124 valence electrons. The van der Waals surface area contributed by atoms with Gasteiger partial charge in [-0.05, 0) is 31.4 Å². The Bertz CT molecular complexity index is 632. The number of anilines is 1. The number of imide groups is 1. The first-order valence-electron chi connectivity index (χ1n) is 6.91. The van der Waals surface area contributed by atoms with E-state index in [4.69, 9.17) is 27.9 Å². The van der Waals surface area contributed by atoms with Crippen LogP contribution in [0.2, 0.25) is 10.0 Å². The summed E-state index contributed by atoms with van der Waals surface area (Å²) in [7, 11) is 0. The van der Waals surface area contributed by atoms with E-state index in [0.717, 1.165) is 4.90 Å². The highest BCUT2D eigenvalue weighted by atomic mass is 35.5. The highest BCUT2D eigenvalue weighted by molar-refractivity contribution is 7.99. The van der Waals surface area contributed by atoms with Crippen LogP contribution in [0.15, 0.2) is 18.2 Å². The monoisotopic (exact) mass is 375 g/mol. The number of esters is 1. The minimum atomic E-state index is -0.755. The zero-order valence-electron chi connectivity index (χ0n) is 12.5. The maximum absolute atomic E-state index is 12.6. The Morgan fingerprint density at radius 2 is 1.96 bits per heavy atom. The molecule has 0 radical (unpaired) electrons. The average molecular weight is 376 g/mol. The molecule has 5 nitrogen and oxygen atoms in total. The van der Waals surface area contributed by atoms with Crippen LogP contribution in [0.1, 0.15) is 13.3 Å². The third kappa shape index (κ3) is 3.82. The van der Waals surface area contributed by atoms with Gasteiger partial charge in [0.2, 0.25) is 11.8 Å². The van der Waals surface area contributed by atoms with Crippen LogP contribution >= 0.6 is 35.0 Å².